The first-order chi connectivity index (χ1) is 10.6. The number of esters is 1. The van der Waals surface area contributed by atoms with Gasteiger partial charge >= 0.3 is 5.97 Å². The summed E-state index contributed by atoms with van der Waals surface area (Å²) in [5.74, 6) is -0.953. The maximum atomic E-state index is 11.7. The molecule has 0 aromatic rings. The number of carbonyl (C=O) groups excluding carboxylic acids is 2. The van der Waals surface area contributed by atoms with Crippen LogP contribution in [-0.4, -0.2) is 18.4 Å². The molecule has 0 aromatic heterocycles. The van der Waals surface area contributed by atoms with E-state index in [-0.39, 0.29) is 11.8 Å². The summed E-state index contributed by atoms with van der Waals surface area (Å²) in [5, 5.41) is 0. The zero-order valence-electron chi connectivity index (χ0n) is 15.0. The van der Waals surface area contributed by atoms with Gasteiger partial charge in [0.15, 0.2) is 0 Å². The van der Waals surface area contributed by atoms with E-state index in [1.54, 1.807) is 6.92 Å². The smallest absolute Gasteiger partial charge is 0.316 e. The van der Waals surface area contributed by atoms with Crippen molar-refractivity contribution in [1.82, 2.24) is 0 Å². The quantitative estimate of drug-likeness (QED) is 0.229. The highest BCUT2D eigenvalue weighted by atomic mass is 16.5. The van der Waals surface area contributed by atoms with Crippen molar-refractivity contribution >= 4 is 11.8 Å². The monoisotopic (exact) mass is 312 g/mol. The van der Waals surface area contributed by atoms with Crippen LogP contribution in [0.2, 0.25) is 0 Å². The van der Waals surface area contributed by atoms with Crippen LogP contribution in [0.25, 0.3) is 0 Å². The van der Waals surface area contributed by atoms with E-state index in [1.807, 2.05) is 0 Å². The number of hydrogen-bond donors (Lipinski definition) is 0. The minimum Gasteiger partial charge on any atom is -0.465 e. The first-order valence-corrected chi connectivity index (χ1v) is 9.30. The normalized spacial score (nSPS) is 12.1. The van der Waals surface area contributed by atoms with Crippen molar-refractivity contribution < 1.29 is 14.3 Å². The Morgan fingerprint density at radius 1 is 0.773 bits per heavy atom. The van der Waals surface area contributed by atoms with E-state index in [0.717, 1.165) is 12.8 Å². The fourth-order valence-corrected chi connectivity index (χ4v) is 2.74. The fraction of sp³-hybridized carbons (Fsp3) is 0.895. The molecular weight excluding hydrogens is 276 g/mol. The average molecular weight is 312 g/mol. The lowest BCUT2D eigenvalue weighted by Crippen LogP contribution is -2.24. The van der Waals surface area contributed by atoms with Gasteiger partial charge in [0.25, 0.3) is 0 Å². The Bertz CT molecular complexity index is 286. The molecule has 0 aliphatic heterocycles. The summed E-state index contributed by atoms with van der Waals surface area (Å²) in [5.41, 5.74) is 0. The molecule has 0 aliphatic rings. The Morgan fingerprint density at radius 3 is 1.64 bits per heavy atom. The predicted octanol–water partition coefficient (Wildman–Crippen LogP) is 5.46. The van der Waals surface area contributed by atoms with Crippen LogP contribution < -0.4 is 0 Å². The van der Waals surface area contributed by atoms with E-state index >= 15 is 0 Å². The second kappa shape index (κ2) is 15.1. The Kier molecular flexibility index (Phi) is 14.5. The van der Waals surface area contributed by atoms with Crippen LogP contribution in [0.15, 0.2) is 0 Å². The van der Waals surface area contributed by atoms with Gasteiger partial charge in [-0.3, -0.25) is 9.59 Å². The standard InChI is InChI=1S/C19H36O3/c1-4-6-7-8-9-10-11-12-13-14-15-16-18(17(3)20)19(21)22-5-2/h18H,4-16H2,1-3H3. The maximum Gasteiger partial charge on any atom is 0.316 e. The topological polar surface area (TPSA) is 43.4 Å². The molecule has 0 amide bonds. The van der Waals surface area contributed by atoms with E-state index in [1.165, 1.54) is 64.7 Å². The summed E-state index contributed by atoms with van der Waals surface area (Å²) in [6.45, 7) is 5.86. The SMILES string of the molecule is CCCCCCCCCCCCCC(C(C)=O)C(=O)OCC. The van der Waals surface area contributed by atoms with Crippen LogP contribution in [0.3, 0.4) is 0 Å². The van der Waals surface area contributed by atoms with Crippen molar-refractivity contribution in [1.29, 1.82) is 0 Å². The van der Waals surface area contributed by atoms with Gasteiger partial charge in [0.05, 0.1) is 6.61 Å². The number of unbranched alkanes of at least 4 members (excludes halogenated alkanes) is 10. The van der Waals surface area contributed by atoms with Crippen molar-refractivity contribution in [3.8, 4) is 0 Å². The van der Waals surface area contributed by atoms with Crippen molar-refractivity contribution in [2.45, 2.75) is 97.8 Å². The largest absolute Gasteiger partial charge is 0.465 e. The third kappa shape index (κ3) is 11.8. The van der Waals surface area contributed by atoms with Gasteiger partial charge in [-0.2, -0.15) is 0 Å². The third-order valence-electron chi connectivity index (χ3n) is 4.16. The van der Waals surface area contributed by atoms with Crippen LogP contribution in [-0.2, 0) is 14.3 Å². The molecule has 0 heterocycles. The lowest BCUT2D eigenvalue weighted by atomic mass is 9.97. The molecule has 0 fully saturated rings. The van der Waals surface area contributed by atoms with E-state index in [2.05, 4.69) is 6.92 Å². The molecule has 22 heavy (non-hydrogen) atoms. The average Bonchev–Trinajstić information content (AvgIpc) is 2.48. The van der Waals surface area contributed by atoms with Gasteiger partial charge in [-0.1, -0.05) is 77.6 Å². The Morgan fingerprint density at radius 2 is 1.23 bits per heavy atom. The van der Waals surface area contributed by atoms with Crippen molar-refractivity contribution in [3.63, 3.8) is 0 Å². The summed E-state index contributed by atoms with van der Waals surface area (Å²) >= 11 is 0. The van der Waals surface area contributed by atoms with Crippen LogP contribution in [0.1, 0.15) is 97.8 Å². The highest BCUT2D eigenvalue weighted by molar-refractivity contribution is 5.97. The minimum absolute atomic E-state index is 0.0643. The van der Waals surface area contributed by atoms with Gasteiger partial charge in [0, 0.05) is 0 Å². The van der Waals surface area contributed by atoms with Crippen molar-refractivity contribution in [3.05, 3.63) is 0 Å². The van der Waals surface area contributed by atoms with Gasteiger partial charge in [0.2, 0.25) is 0 Å². The van der Waals surface area contributed by atoms with Gasteiger partial charge in [-0.05, 0) is 20.3 Å². The molecule has 3 heteroatoms. The lowest BCUT2D eigenvalue weighted by Gasteiger charge is -2.12. The highest BCUT2D eigenvalue weighted by Gasteiger charge is 2.23. The number of carbonyl (C=O) groups is 2. The summed E-state index contributed by atoms with van der Waals surface area (Å²) in [6.07, 6.45) is 14.7. The molecule has 3 nitrogen and oxygen atoms in total. The summed E-state index contributed by atoms with van der Waals surface area (Å²) < 4.78 is 4.96. The highest BCUT2D eigenvalue weighted by Crippen LogP contribution is 2.16. The van der Waals surface area contributed by atoms with Crippen LogP contribution >= 0.6 is 0 Å². The zero-order chi connectivity index (χ0) is 16.6. The van der Waals surface area contributed by atoms with Gasteiger partial charge in [0.1, 0.15) is 11.7 Å². The van der Waals surface area contributed by atoms with Crippen molar-refractivity contribution in [2.75, 3.05) is 6.61 Å². The third-order valence-corrected chi connectivity index (χ3v) is 4.16. The summed E-state index contributed by atoms with van der Waals surface area (Å²) in [7, 11) is 0. The zero-order valence-corrected chi connectivity index (χ0v) is 15.0. The molecule has 0 spiro atoms. The molecule has 0 aromatic carbocycles. The predicted molar refractivity (Wildman–Crippen MR) is 91.9 cm³/mol. The molecule has 0 radical (unpaired) electrons. The number of ether oxygens (including phenoxy) is 1. The first kappa shape index (κ1) is 21.1. The number of rotatable bonds is 15. The molecule has 1 atom stereocenters. The molecule has 0 saturated carbocycles. The molecule has 0 aliphatic carbocycles. The number of Topliss-reactive ketones (excluding diaryl/α,β-unsaturated/α-hetero) is 1. The maximum absolute atomic E-state index is 11.7. The van der Waals surface area contributed by atoms with Crippen LogP contribution in [0, 0.1) is 5.92 Å². The van der Waals surface area contributed by atoms with E-state index < -0.39 is 5.92 Å². The molecule has 1 unspecified atom stereocenters. The Hall–Kier alpha value is -0.860. The molecule has 130 valence electrons. The van der Waals surface area contributed by atoms with Gasteiger partial charge in [-0.25, -0.2) is 0 Å². The van der Waals surface area contributed by atoms with Crippen LogP contribution in [0.4, 0.5) is 0 Å². The Balaban J connectivity index is 3.50. The second-order valence-corrected chi connectivity index (χ2v) is 6.24. The van der Waals surface area contributed by atoms with E-state index in [0.29, 0.717) is 13.0 Å². The first-order valence-electron chi connectivity index (χ1n) is 9.30. The molecule has 0 saturated heterocycles. The minimum atomic E-state index is -0.543. The Labute approximate surface area is 137 Å². The molecule has 0 rings (SSSR count). The van der Waals surface area contributed by atoms with Crippen LogP contribution in [0.5, 0.6) is 0 Å². The molecule has 0 bridgehead atoms. The van der Waals surface area contributed by atoms with Gasteiger partial charge in [-0.15, -0.1) is 0 Å². The lowest BCUT2D eigenvalue weighted by molar-refractivity contribution is -0.151. The number of ketones is 1. The molecular formula is C19H36O3. The van der Waals surface area contributed by atoms with Crippen molar-refractivity contribution in [2.24, 2.45) is 5.92 Å². The summed E-state index contributed by atoms with van der Waals surface area (Å²) in [6, 6.07) is 0. The fourth-order valence-electron chi connectivity index (χ4n) is 2.74. The molecule has 0 N–H and O–H groups in total. The summed E-state index contributed by atoms with van der Waals surface area (Å²) in [4.78, 5) is 23.1. The van der Waals surface area contributed by atoms with E-state index in [9.17, 15) is 9.59 Å². The van der Waals surface area contributed by atoms with E-state index in [4.69, 9.17) is 4.74 Å². The second-order valence-electron chi connectivity index (χ2n) is 6.24. The van der Waals surface area contributed by atoms with Gasteiger partial charge < -0.3 is 4.74 Å². The number of hydrogen-bond acceptors (Lipinski definition) is 3.